The SMILES string of the molecule is Cc1ccc2nc(NC(C)c3cccc(Cl)c3)sc2c1. The van der Waals surface area contributed by atoms with E-state index in [2.05, 4.69) is 48.4 Å². The van der Waals surface area contributed by atoms with Crippen LogP contribution in [0, 0.1) is 6.92 Å². The number of nitrogens with zero attached hydrogens (tertiary/aromatic N) is 1. The molecule has 1 aromatic heterocycles. The van der Waals surface area contributed by atoms with Crippen molar-refractivity contribution < 1.29 is 0 Å². The van der Waals surface area contributed by atoms with E-state index in [1.807, 2.05) is 18.2 Å². The topological polar surface area (TPSA) is 24.9 Å². The van der Waals surface area contributed by atoms with Crippen LogP contribution in [0.5, 0.6) is 0 Å². The Kier molecular flexibility index (Phi) is 3.64. The minimum atomic E-state index is 0.176. The van der Waals surface area contributed by atoms with Gasteiger partial charge in [-0.15, -0.1) is 0 Å². The fourth-order valence-electron chi connectivity index (χ4n) is 2.14. The Bertz CT molecular complexity index is 751. The van der Waals surface area contributed by atoms with Gasteiger partial charge in [0, 0.05) is 5.02 Å². The van der Waals surface area contributed by atoms with Crippen LogP contribution in [0.3, 0.4) is 0 Å². The van der Waals surface area contributed by atoms with Gasteiger partial charge < -0.3 is 5.32 Å². The number of rotatable bonds is 3. The Balaban J connectivity index is 1.85. The van der Waals surface area contributed by atoms with E-state index < -0.39 is 0 Å². The van der Waals surface area contributed by atoms with Crippen molar-refractivity contribution in [2.24, 2.45) is 0 Å². The predicted molar refractivity (Wildman–Crippen MR) is 87.8 cm³/mol. The maximum atomic E-state index is 6.03. The van der Waals surface area contributed by atoms with E-state index in [9.17, 15) is 0 Å². The van der Waals surface area contributed by atoms with Crippen LogP contribution in [-0.4, -0.2) is 4.98 Å². The number of hydrogen-bond acceptors (Lipinski definition) is 3. The molecule has 0 saturated heterocycles. The number of benzene rings is 2. The highest BCUT2D eigenvalue weighted by atomic mass is 35.5. The molecule has 0 aliphatic rings. The summed E-state index contributed by atoms with van der Waals surface area (Å²) < 4.78 is 1.21. The van der Waals surface area contributed by atoms with Gasteiger partial charge in [-0.3, -0.25) is 0 Å². The predicted octanol–water partition coefficient (Wildman–Crippen LogP) is 5.43. The van der Waals surface area contributed by atoms with Gasteiger partial charge in [0.05, 0.1) is 16.3 Å². The smallest absolute Gasteiger partial charge is 0.184 e. The summed E-state index contributed by atoms with van der Waals surface area (Å²) in [7, 11) is 0. The summed E-state index contributed by atoms with van der Waals surface area (Å²) >= 11 is 7.72. The number of halogens is 1. The van der Waals surface area contributed by atoms with E-state index in [1.54, 1.807) is 11.3 Å². The van der Waals surface area contributed by atoms with Gasteiger partial charge in [-0.2, -0.15) is 0 Å². The summed E-state index contributed by atoms with van der Waals surface area (Å²) in [5.74, 6) is 0. The Morgan fingerprint density at radius 3 is 2.85 bits per heavy atom. The Morgan fingerprint density at radius 1 is 1.20 bits per heavy atom. The first-order chi connectivity index (χ1) is 9.61. The maximum Gasteiger partial charge on any atom is 0.184 e. The minimum absolute atomic E-state index is 0.176. The molecule has 2 nitrogen and oxygen atoms in total. The largest absolute Gasteiger partial charge is 0.355 e. The fourth-order valence-corrected chi connectivity index (χ4v) is 3.39. The second kappa shape index (κ2) is 5.43. The number of nitrogens with one attached hydrogen (secondary N) is 1. The lowest BCUT2D eigenvalue weighted by Gasteiger charge is -2.13. The number of aryl methyl sites for hydroxylation is 1. The van der Waals surface area contributed by atoms with E-state index in [4.69, 9.17) is 11.6 Å². The molecule has 20 heavy (non-hydrogen) atoms. The summed E-state index contributed by atoms with van der Waals surface area (Å²) in [5, 5.41) is 5.15. The molecular weight excluding hydrogens is 288 g/mol. The molecule has 3 aromatic rings. The molecule has 0 saturated carbocycles. The fraction of sp³-hybridized carbons (Fsp3) is 0.188. The molecule has 0 amide bonds. The average Bonchev–Trinajstić information content (AvgIpc) is 2.80. The molecular formula is C16H15ClN2S. The average molecular weight is 303 g/mol. The van der Waals surface area contributed by atoms with Gasteiger partial charge in [-0.25, -0.2) is 4.98 Å². The third-order valence-electron chi connectivity index (χ3n) is 3.23. The van der Waals surface area contributed by atoms with Crippen LogP contribution in [0.15, 0.2) is 42.5 Å². The van der Waals surface area contributed by atoms with Crippen LogP contribution in [0.25, 0.3) is 10.2 Å². The highest BCUT2D eigenvalue weighted by molar-refractivity contribution is 7.22. The lowest BCUT2D eigenvalue weighted by Crippen LogP contribution is -2.05. The summed E-state index contributed by atoms with van der Waals surface area (Å²) in [6.45, 7) is 4.21. The van der Waals surface area contributed by atoms with Crippen molar-refractivity contribution in [3.05, 3.63) is 58.6 Å². The second-order valence-electron chi connectivity index (χ2n) is 4.91. The molecule has 4 heteroatoms. The first-order valence-corrected chi connectivity index (χ1v) is 7.70. The summed E-state index contributed by atoms with van der Waals surface area (Å²) in [6, 6.07) is 14.4. The van der Waals surface area contributed by atoms with Gasteiger partial charge in [-0.1, -0.05) is 41.1 Å². The van der Waals surface area contributed by atoms with Gasteiger partial charge in [0.15, 0.2) is 5.13 Å². The summed E-state index contributed by atoms with van der Waals surface area (Å²) in [5.41, 5.74) is 3.46. The molecule has 0 radical (unpaired) electrons. The summed E-state index contributed by atoms with van der Waals surface area (Å²) in [6.07, 6.45) is 0. The number of anilines is 1. The molecule has 2 aromatic carbocycles. The number of aromatic nitrogens is 1. The number of fused-ring (bicyclic) bond motifs is 1. The van der Waals surface area contributed by atoms with Gasteiger partial charge in [0.1, 0.15) is 0 Å². The molecule has 0 fully saturated rings. The highest BCUT2D eigenvalue weighted by Gasteiger charge is 2.09. The Morgan fingerprint density at radius 2 is 2.05 bits per heavy atom. The molecule has 102 valence electrons. The standard InChI is InChI=1S/C16H15ClN2S/c1-10-6-7-14-15(8-10)20-16(19-14)18-11(2)12-4-3-5-13(17)9-12/h3-9,11H,1-2H3,(H,18,19). The third-order valence-corrected chi connectivity index (χ3v) is 4.42. The van der Waals surface area contributed by atoms with E-state index in [0.29, 0.717) is 0 Å². The maximum absolute atomic E-state index is 6.03. The normalized spacial score (nSPS) is 12.6. The van der Waals surface area contributed by atoms with Crippen LogP contribution in [-0.2, 0) is 0 Å². The van der Waals surface area contributed by atoms with Crippen LogP contribution >= 0.6 is 22.9 Å². The zero-order chi connectivity index (χ0) is 14.1. The minimum Gasteiger partial charge on any atom is -0.355 e. The zero-order valence-electron chi connectivity index (χ0n) is 11.4. The highest BCUT2D eigenvalue weighted by Crippen LogP contribution is 2.29. The summed E-state index contributed by atoms with van der Waals surface area (Å²) in [4.78, 5) is 4.62. The van der Waals surface area contributed by atoms with Gasteiger partial charge in [-0.05, 0) is 49.2 Å². The number of thiazole rings is 1. The molecule has 1 N–H and O–H groups in total. The first-order valence-electron chi connectivity index (χ1n) is 6.51. The quantitative estimate of drug-likeness (QED) is 0.697. The van der Waals surface area contributed by atoms with Crippen molar-refractivity contribution in [3.63, 3.8) is 0 Å². The van der Waals surface area contributed by atoms with E-state index in [0.717, 1.165) is 21.2 Å². The second-order valence-corrected chi connectivity index (χ2v) is 6.38. The van der Waals surface area contributed by atoms with Crippen molar-refractivity contribution >= 4 is 38.3 Å². The van der Waals surface area contributed by atoms with Crippen molar-refractivity contribution in [1.82, 2.24) is 4.98 Å². The molecule has 0 aliphatic carbocycles. The van der Waals surface area contributed by atoms with Crippen LogP contribution in [0.2, 0.25) is 5.02 Å². The molecule has 1 atom stereocenters. The molecule has 0 aliphatic heterocycles. The Labute approximate surface area is 127 Å². The molecule has 3 rings (SSSR count). The lowest BCUT2D eigenvalue weighted by molar-refractivity contribution is 0.883. The van der Waals surface area contributed by atoms with Crippen LogP contribution in [0.1, 0.15) is 24.1 Å². The molecule has 1 heterocycles. The van der Waals surface area contributed by atoms with Crippen molar-refractivity contribution in [3.8, 4) is 0 Å². The van der Waals surface area contributed by atoms with E-state index in [1.165, 1.54) is 10.3 Å². The third kappa shape index (κ3) is 2.79. The van der Waals surface area contributed by atoms with Gasteiger partial charge >= 0.3 is 0 Å². The van der Waals surface area contributed by atoms with Gasteiger partial charge in [0.25, 0.3) is 0 Å². The number of hydrogen-bond donors (Lipinski definition) is 1. The van der Waals surface area contributed by atoms with E-state index >= 15 is 0 Å². The lowest BCUT2D eigenvalue weighted by atomic mass is 10.1. The monoisotopic (exact) mass is 302 g/mol. The van der Waals surface area contributed by atoms with Crippen molar-refractivity contribution in [2.75, 3.05) is 5.32 Å². The van der Waals surface area contributed by atoms with Crippen molar-refractivity contribution in [1.29, 1.82) is 0 Å². The van der Waals surface area contributed by atoms with E-state index in [-0.39, 0.29) is 6.04 Å². The Hall–Kier alpha value is -1.58. The van der Waals surface area contributed by atoms with Crippen LogP contribution in [0.4, 0.5) is 5.13 Å². The first kappa shape index (κ1) is 13.4. The molecule has 1 unspecified atom stereocenters. The molecule has 0 bridgehead atoms. The van der Waals surface area contributed by atoms with Crippen LogP contribution < -0.4 is 5.32 Å². The molecule has 0 spiro atoms. The van der Waals surface area contributed by atoms with Crippen molar-refractivity contribution in [2.45, 2.75) is 19.9 Å². The zero-order valence-corrected chi connectivity index (χ0v) is 12.9. The van der Waals surface area contributed by atoms with Gasteiger partial charge in [0.2, 0.25) is 0 Å².